The van der Waals surface area contributed by atoms with Crippen LogP contribution >= 0.6 is 0 Å². The summed E-state index contributed by atoms with van der Waals surface area (Å²) in [5.41, 5.74) is 17.7. The molecule has 0 heterocycles. The summed E-state index contributed by atoms with van der Waals surface area (Å²) in [6.07, 6.45) is 0. The molecule has 0 spiro atoms. The summed E-state index contributed by atoms with van der Waals surface area (Å²) in [7, 11) is 0. The maximum absolute atomic E-state index is 2.46. The van der Waals surface area contributed by atoms with Gasteiger partial charge in [-0.1, -0.05) is 237 Å². The van der Waals surface area contributed by atoms with E-state index < -0.39 is 5.41 Å². The molecular weight excluding hydrogens is 867 g/mol. The average Bonchev–Trinajstić information content (AvgIpc) is 3.76. The first-order valence-electron chi connectivity index (χ1n) is 25.0. The lowest BCUT2D eigenvalue weighted by atomic mass is 9.67. The molecular formula is C71H47N. The van der Waals surface area contributed by atoms with Gasteiger partial charge in [-0.05, 0) is 153 Å². The lowest BCUT2D eigenvalue weighted by Gasteiger charge is -2.33. The number of nitrogens with zero attached hydrogens (tertiary/aromatic N) is 1. The summed E-state index contributed by atoms with van der Waals surface area (Å²) in [5, 5.41) is 9.98. The van der Waals surface area contributed by atoms with Crippen molar-refractivity contribution >= 4 is 60.2 Å². The molecule has 13 aromatic carbocycles. The van der Waals surface area contributed by atoms with Crippen molar-refractivity contribution in [1.82, 2.24) is 0 Å². The van der Waals surface area contributed by atoms with Crippen molar-refractivity contribution in [3.63, 3.8) is 0 Å². The summed E-state index contributed by atoms with van der Waals surface area (Å²) in [4.78, 5) is 2.46. The summed E-state index contributed by atoms with van der Waals surface area (Å²) in [5.74, 6) is 0. The molecule has 1 aliphatic carbocycles. The van der Waals surface area contributed by atoms with Crippen molar-refractivity contribution in [2.75, 3.05) is 4.90 Å². The molecule has 14 rings (SSSR count). The molecule has 0 N–H and O–H groups in total. The van der Waals surface area contributed by atoms with Crippen LogP contribution in [-0.4, -0.2) is 0 Å². The lowest BCUT2D eigenvalue weighted by Crippen LogP contribution is -2.28. The highest BCUT2D eigenvalue weighted by Gasteiger charge is 2.46. The van der Waals surface area contributed by atoms with Gasteiger partial charge in [0.25, 0.3) is 0 Å². The number of hydrogen-bond donors (Lipinski definition) is 0. The van der Waals surface area contributed by atoms with Crippen molar-refractivity contribution < 1.29 is 0 Å². The normalized spacial score (nSPS) is 12.6. The molecule has 1 heteroatoms. The Morgan fingerprint density at radius 3 is 1.40 bits per heavy atom. The number of rotatable bonds is 8. The molecule has 0 saturated carbocycles. The van der Waals surface area contributed by atoms with Crippen LogP contribution in [0, 0.1) is 0 Å². The molecule has 0 atom stereocenters. The van der Waals surface area contributed by atoms with Gasteiger partial charge in [0.05, 0.1) is 11.1 Å². The Kier molecular flexibility index (Phi) is 9.82. The fourth-order valence-electron chi connectivity index (χ4n) is 12.1. The topological polar surface area (TPSA) is 3.24 Å². The van der Waals surface area contributed by atoms with Gasteiger partial charge in [0.15, 0.2) is 0 Å². The monoisotopic (exact) mass is 913 g/mol. The van der Waals surface area contributed by atoms with Crippen molar-refractivity contribution in [2.45, 2.75) is 5.41 Å². The summed E-state index contributed by atoms with van der Waals surface area (Å²) in [6, 6.07) is 105. The van der Waals surface area contributed by atoms with Crippen LogP contribution in [0.25, 0.3) is 87.6 Å². The highest BCUT2D eigenvalue weighted by molar-refractivity contribution is 6.16. The Hall–Kier alpha value is -9.30. The van der Waals surface area contributed by atoms with Gasteiger partial charge in [-0.3, -0.25) is 0 Å². The highest BCUT2D eigenvalue weighted by atomic mass is 15.1. The van der Waals surface area contributed by atoms with E-state index in [0.717, 1.165) is 17.1 Å². The van der Waals surface area contributed by atoms with E-state index in [4.69, 9.17) is 0 Å². The highest BCUT2D eigenvalue weighted by Crippen LogP contribution is 2.57. The van der Waals surface area contributed by atoms with Gasteiger partial charge < -0.3 is 4.90 Å². The summed E-state index contributed by atoms with van der Waals surface area (Å²) < 4.78 is 0. The fraction of sp³-hybridized carbons (Fsp3) is 0.0141. The zero-order chi connectivity index (χ0) is 47.6. The Balaban J connectivity index is 0.943. The van der Waals surface area contributed by atoms with E-state index in [9.17, 15) is 0 Å². The maximum atomic E-state index is 2.46. The Labute approximate surface area is 420 Å². The predicted molar refractivity (Wildman–Crippen MR) is 305 cm³/mol. The minimum absolute atomic E-state index is 0.436. The lowest BCUT2D eigenvalue weighted by molar-refractivity contribution is 0.768. The maximum Gasteiger partial charge on any atom is 0.0713 e. The Morgan fingerprint density at radius 2 is 0.736 bits per heavy atom. The first kappa shape index (κ1) is 41.7. The van der Waals surface area contributed by atoms with Crippen LogP contribution in [0.4, 0.5) is 17.1 Å². The SMILES string of the molecule is c1ccc(C2(c3ccccc3)c3ccccc3-c3cc(-c4ccc(N(c5cccc(-c6cc7ccccc7c7ccccc67)c5)c5ccccc5-c5cc6ccccc6c6ccccc56)cc4)ccc32)cc1. The molecule has 0 unspecified atom stereocenters. The van der Waals surface area contributed by atoms with E-state index in [1.807, 2.05) is 0 Å². The molecule has 0 radical (unpaired) electrons. The minimum Gasteiger partial charge on any atom is -0.310 e. The van der Waals surface area contributed by atoms with Gasteiger partial charge >= 0.3 is 0 Å². The zero-order valence-electron chi connectivity index (χ0n) is 39.6. The second-order valence-electron chi connectivity index (χ2n) is 19.1. The fourth-order valence-corrected chi connectivity index (χ4v) is 12.1. The van der Waals surface area contributed by atoms with E-state index in [0.29, 0.717) is 0 Å². The largest absolute Gasteiger partial charge is 0.310 e. The number of hydrogen-bond acceptors (Lipinski definition) is 1. The second kappa shape index (κ2) is 17.0. The van der Waals surface area contributed by atoms with Crippen LogP contribution in [0.5, 0.6) is 0 Å². The molecule has 1 aliphatic rings. The molecule has 0 amide bonds. The Bertz CT molecular complexity index is 4170. The van der Waals surface area contributed by atoms with Crippen LogP contribution in [-0.2, 0) is 5.41 Å². The molecule has 336 valence electrons. The molecule has 0 saturated heterocycles. The van der Waals surface area contributed by atoms with E-state index >= 15 is 0 Å². The smallest absolute Gasteiger partial charge is 0.0713 e. The number of benzene rings is 13. The molecule has 13 aromatic rings. The number of fused-ring (bicyclic) bond motifs is 9. The standard InChI is InChI=1S/C71H47N/c1-3-23-53(24-4-1)71(54-25-5-2-6-26-54)68-36-17-15-34-63(68)67-45-49(40-43-69(67)71)48-38-41-55(42-39-48)72(56-27-19-22-50(44-56)65-46-51-20-7-9-28-57(51)59-30-11-13-32-61(59)65)70-37-18-16-35-64(70)66-47-52-21-8-10-29-58(52)60-31-12-14-33-62(60)66/h1-47H. The van der Waals surface area contributed by atoms with Crippen LogP contribution in [0.1, 0.15) is 22.3 Å². The third-order valence-corrected chi connectivity index (χ3v) is 15.3. The van der Waals surface area contributed by atoms with E-state index in [2.05, 4.69) is 290 Å². The first-order valence-corrected chi connectivity index (χ1v) is 25.0. The molecule has 0 bridgehead atoms. The van der Waals surface area contributed by atoms with Crippen LogP contribution in [0.2, 0.25) is 0 Å². The van der Waals surface area contributed by atoms with Crippen LogP contribution < -0.4 is 4.90 Å². The zero-order valence-corrected chi connectivity index (χ0v) is 39.6. The third-order valence-electron chi connectivity index (χ3n) is 15.3. The van der Waals surface area contributed by atoms with Gasteiger partial charge in [0.2, 0.25) is 0 Å². The van der Waals surface area contributed by atoms with E-state index in [-0.39, 0.29) is 0 Å². The minimum atomic E-state index is -0.436. The van der Waals surface area contributed by atoms with Gasteiger partial charge in [-0.25, -0.2) is 0 Å². The van der Waals surface area contributed by atoms with Crippen molar-refractivity contribution in [3.8, 4) is 44.5 Å². The van der Waals surface area contributed by atoms with Crippen LogP contribution in [0.15, 0.2) is 285 Å². The van der Waals surface area contributed by atoms with E-state index in [1.165, 1.54) is 110 Å². The molecule has 72 heavy (non-hydrogen) atoms. The van der Waals surface area contributed by atoms with Gasteiger partial charge in [-0.2, -0.15) is 0 Å². The van der Waals surface area contributed by atoms with Crippen molar-refractivity contribution in [3.05, 3.63) is 307 Å². The molecule has 0 fully saturated rings. The first-order chi connectivity index (χ1) is 35.7. The third kappa shape index (κ3) is 6.55. The second-order valence-corrected chi connectivity index (χ2v) is 19.1. The number of para-hydroxylation sites is 1. The number of anilines is 3. The van der Waals surface area contributed by atoms with Crippen molar-refractivity contribution in [1.29, 1.82) is 0 Å². The summed E-state index contributed by atoms with van der Waals surface area (Å²) >= 11 is 0. The van der Waals surface area contributed by atoms with Crippen LogP contribution in [0.3, 0.4) is 0 Å². The summed E-state index contributed by atoms with van der Waals surface area (Å²) in [6.45, 7) is 0. The van der Waals surface area contributed by atoms with E-state index in [1.54, 1.807) is 0 Å². The predicted octanol–water partition coefficient (Wildman–Crippen LogP) is 19.1. The van der Waals surface area contributed by atoms with Gasteiger partial charge in [0, 0.05) is 16.9 Å². The molecule has 1 nitrogen and oxygen atoms in total. The molecule has 0 aromatic heterocycles. The van der Waals surface area contributed by atoms with Crippen molar-refractivity contribution in [2.24, 2.45) is 0 Å². The van der Waals surface area contributed by atoms with Gasteiger partial charge in [-0.15, -0.1) is 0 Å². The van der Waals surface area contributed by atoms with Gasteiger partial charge in [0.1, 0.15) is 0 Å². The molecule has 0 aliphatic heterocycles. The quantitative estimate of drug-likeness (QED) is 0.137. The average molecular weight is 914 g/mol. The Morgan fingerprint density at radius 1 is 0.236 bits per heavy atom.